The first-order chi connectivity index (χ1) is 14.6. The zero-order valence-corrected chi connectivity index (χ0v) is 19.9. The summed E-state index contributed by atoms with van der Waals surface area (Å²) in [4.78, 5) is 5.48. The van der Waals surface area contributed by atoms with Gasteiger partial charge in [0.25, 0.3) is 0 Å². The second-order valence-corrected chi connectivity index (χ2v) is 9.38. The van der Waals surface area contributed by atoms with Gasteiger partial charge < -0.3 is 15.8 Å². The van der Waals surface area contributed by atoms with E-state index in [0.717, 1.165) is 42.5 Å². The van der Waals surface area contributed by atoms with Gasteiger partial charge in [0, 0.05) is 16.6 Å². The number of nitrogen functional groups attached to an aromatic ring is 1. The molecule has 0 radical (unpaired) electrons. The summed E-state index contributed by atoms with van der Waals surface area (Å²) in [7, 11) is 0. The third-order valence-corrected chi connectivity index (χ3v) is 7.34. The van der Waals surface area contributed by atoms with Crippen molar-refractivity contribution in [1.82, 2.24) is 4.98 Å². The van der Waals surface area contributed by atoms with Crippen LogP contribution in [0.2, 0.25) is 0 Å². The molecule has 2 aromatic heterocycles. The minimum absolute atomic E-state index is 0. The van der Waals surface area contributed by atoms with E-state index in [9.17, 15) is 0 Å². The Hall–Kier alpha value is -2.52. The largest absolute Gasteiger partial charge is 0.489 e. The highest BCUT2D eigenvalue weighted by Gasteiger charge is 2.15. The van der Waals surface area contributed by atoms with E-state index in [0.29, 0.717) is 6.61 Å². The van der Waals surface area contributed by atoms with E-state index < -0.39 is 0 Å². The van der Waals surface area contributed by atoms with Crippen molar-refractivity contribution in [3.63, 3.8) is 0 Å². The molecule has 0 fully saturated rings. The fourth-order valence-corrected chi connectivity index (χ4v) is 5.27. The third-order valence-electron chi connectivity index (χ3n) is 4.28. The average Bonchev–Trinajstić information content (AvgIpc) is 3.41. The Balaban J connectivity index is 0.00000272. The molecule has 9 heteroatoms. The van der Waals surface area contributed by atoms with Gasteiger partial charge in [-0.3, -0.25) is 5.41 Å². The molecule has 0 aliphatic rings. The van der Waals surface area contributed by atoms with Gasteiger partial charge in [-0.1, -0.05) is 30.3 Å². The number of thiazole rings is 1. The van der Waals surface area contributed by atoms with Crippen LogP contribution in [0.5, 0.6) is 5.75 Å². The molecule has 0 saturated heterocycles. The smallest absolute Gasteiger partial charge is 0.187 e. The lowest BCUT2D eigenvalue weighted by Crippen LogP contribution is -2.08. The number of hydrogen-bond donors (Lipinski definition) is 3. The first-order valence-corrected chi connectivity index (χ1v) is 12.1. The Kier molecular flexibility index (Phi) is 7.97. The summed E-state index contributed by atoms with van der Waals surface area (Å²) in [6, 6.07) is 19.9. The number of amidine groups is 1. The molecule has 4 N–H and O–H groups in total. The van der Waals surface area contributed by atoms with Gasteiger partial charge in [-0.25, -0.2) is 4.98 Å². The summed E-state index contributed by atoms with van der Waals surface area (Å²) in [6.07, 6.45) is 2.02. The van der Waals surface area contributed by atoms with Crippen molar-refractivity contribution in [3.05, 3.63) is 76.5 Å². The van der Waals surface area contributed by atoms with E-state index in [4.69, 9.17) is 20.9 Å². The molecule has 4 aromatic rings. The minimum Gasteiger partial charge on any atom is -0.489 e. The van der Waals surface area contributed by atoms with Gasteiger partial charge in [0.1, 0.15) is 18.2 Å². The number of thiophene rings is 1. The van der Waals surface area contributed by atoms with Crippen LogP contribution in [-0.4, -0.2) is 17.1 Å². The van der Waals surface area contributed by atoms with E-state index >= 15 is 0 Å². The molecule has 0 spiro atoms. The molecule has 0 unspecified atom stereocenters. The molecule has 5 nitrogen and oxygen atoms in total. The van der Waals surface area contributed by atoms with Crippen LogP contribution in [0.25, 0.3) is 11.3 Å². The van der Waals surface area contributed by atoms with Gasteiger partial charge in [-0.2, -0.15) is 0 Å². The number of nitrogens with one attached hydrogen (secondary N) is 2. The fraction of sp³-hybridized carbons (Fsp3) is 0.0909. The maximum absolute atomic E-state index is 7.67. The van der Waals surface area contributed by atoms with Gasteiger partial charge in [0.05, 0.1) is 14.8 Å². The fourth-order valence-electron chi connectivity index (χ4n) is 2.79. The first kappa shape index (κ1) is 23.1. The number of anilines is 2. The van der Waals surface area contributed by atoms with Crippen LogP contribution in [0.3, 0.4) is 0 Å². The van der Waals surface area contributed by atoms with Crippen LogP contribution in [0, 0.1) is 5.41 Å². The summed E-state index contributed by atoms with van der Waals surface area (Å²) in [5, 5.41) is 13.8. The number of nitrogens with zero attached hydrogens (tertiary/aromatic N) is 1. The Morgan fingerprint density at radius 3 is 2.58 bits per heavy atom. The van der Waals surface area contributed by atoms with Crippen molar-refractivity contribution in [3.8, 4) is 17.0 Å². The minimum atomic E-state index is 0. The van der Waals surface area contributed by atoms with Gasteiger partial charge in [0.15, 0.2) is 5.13 Å². The Bertz CT molecular complexity index is 1140. The second kappa shape index (κ2) is 10.7. The molecule has 0 bridgehead atoms. The number of ether oxygens (including phenoxy) is 1. The average molecular weight is 489 g/mol. The molecule has 160 valence electrons. The summed E-state index contributed by atoms with van der Waals surface area (Å²) >= 11 is 4.71. The van der Waals surface area contributed by atoms with E-state index in [1.165, 1.54) is 11.3 Å². The van der Waals surface area contributed by atoms with Gasteiger partial charge in [-0.15, -0.1) is 46.8 Å². The lowest BCUT2D eigenvalue weighted by molar-refractivity contribution is 0.306. The van der Waals surface area contributed by atoms with Crippen molar-refractivity contribution in [2.45, 2.75) is 10.8 Å². The number of rotatable bonds is 8. The predicted molar refractivity (Wildman–Crippen MR) is 136 cm³/mol. The zero-order valence-electron chi connectivity index (χ0n) is 16.6. The topological polar surface area (TPSA) is 84.0 Å². The second-order valence-electron chi connectivity index (χ2n) is 6.39. The van der Waals surface area contributed by atoms with Crippen molar-refractivity contribution in [1.29, 1.82) is 5.41 Å². The van der Waals surface area contributed by atoms with E-state index in [1.807, 2.05) is 72.3 Å². The van der Waals surface area contributed by atoms with Crippen LogP contribution in [0.1, 0.15) is 10.4 Å². The van der Waals surface area contributed by atoms with Gasteiger partial charge in [-0.05, 0) is 42.2 Å². The first-order valence-electron chi connectivity index (χ1n) is 9.14. The SMILES string of the molecule is CSc1sc(C(=N)N)cc1-c1csc(Nc2ccc(OCc3ccccc3)cc2)n1.Cl. The predicted octanol–water partition coefficient (Wildman–Crippen LogP) is 6.62. The standard InChI is InChI=1S/C22H20N4OS3.ClH/c1-28-21-17(11-19(30-21)20(23)24)18-13-29-22(26-18)25-15-7-9-16(10-8-15)27-12-14-5-3-2-4-6-14;/h2-11,13H,12H2,1H3,(H3,23,24)(H,25,26);1H. The van der Waals surface area contributed by atoms with Crippen LogP contribution in [-0.2, 0) is 6.61 Å². The summed E-state index contributed by atoms with van der Waals surface area (Å²) < 4.78 is 6.95. The van der Waals surface area contributed by atoms with Gasteiger partial charge in [0.2, 0.25) is 0 Å². The molecule has 31 heavy (non-hydrogen) atoms. The molecule has 4 rings (SSSR count). The Morgan fingerprint density at radius 2 is 1.90 bits per heavy atom. The number of aromatic nitrogens is 1. The third kappa shape index (κ3) is 5.80. The van der Waals surface area contributed by atoms with Crippen LogP contribution < -0.4 is 15.8 Å². The molecule has 0 saturated carbocycles. The lowest BCUT2D eigenvalue weighted by atomic mass is 10.2. The quantitative estimate of drug-likeness (QED) is 0.147. The highest BCUT2D eigenvalue weighted by Crippen LogP contribution is 2.39. The van der Waals surface area contributed by atoms with Crippen LogP contribution in [0.15, 0.2) is 70.3 Å². The number of thioether (sulfide) groups is 1. The lowest BCUT2D eigenvalue weighted by Gasteiger charge is -2.08. The number of benzene rings is 2. The number of nitrogens with two attached hydrogens (primary N) is 1. The molecular formula is C22H21ClN4OS3. The molecule has 0 aliphatic carbocycles. The summed E-state index contributed by atoms with van der Waals surface area (Å²) in [6.45, 7) is 0.546. The van der Waals surface area contributed by atoms with Crippen LogP contribution >= 0.6 is 46.8 Å². The molecule has 0 amide bonds. The van der Waals surface area contributed by atoms with Crippen molar-refractivity contribution in [2.75, 3.05) is 11.6 Å². The maximum Gasteiger partial charge on any atom is 0.187 e. The zero-order chi connectivity index (χ0) is 20.9. The molecule has 2 aromatic carbocycles. The summed E-state index contributed by atoms with van der Waals surface area (Å²) in [5.74, 6) is 0.911. The maximum atomic E-state index is 7.67. The molecule has 0 aliphatic heterocycles. The van der Waals surface area contributed by atoms with E-state index in [2.05, 4.69) is 5.32 Å². The number of halogens is 1. The highest BCUT2D eigenvalue weighted by molar-refractivity contribution is 8.00. The van der Waals surface area contributed by atoms with Gasteiger partial charge >= 0.3 is 0 Å². The molecule has 0 atom stereocenters. The normalized spacial score (nSPS) is 10.4. The van der Waals surface area contributed by atoms with Crippen molar-refractivity contribution in [2.24, 2.45) is 5.73 Å². The Labute approximate surface area is 199 Å². The number of hydrogen-bond acceptors (Lipinski definition) is 7. The van der Waals surface area contributed by atoms with E-state index in [-0.39, 0.29) is 18.2 Å². The Morgan fingerprint density at radius 1 is 1.16 bits per heavy atom. The van der Waals surface area contributed by atoms with Crippen molar-refractivity contribution >= 4 is 63.5 Å². The monoisotopic (exact) mass is 488 g/mol. The highest BCUT2D eigenvalue weighted by atomic mass is 35.5. The van der Waals surface area contributed by atoms with Crippen molar-refractivity contribution < 1.29 is 4.74 Å². The molecule has 2 heterocycles. The van der Waals surface area contributed by atoms with E-state index in [1.54, 1.807) is 23.1 Å². The summed E-state index contributed by atoms with van der Waals surface area (Å²) in [5.41, 5.74) is 9.64. The molecular weight excluding hydrogens is 468 g/mol. The van der Waals surface area contributed by atoms with Crippen LogP contribution in [0.4, 0.5) is 10.8 Å².